The minimum absolute atomic E-state index is 0.214. The molecule has 0 amide bonds. The molecule has 0 saturated heterocycles. The maximum atomic E-state index is 10.4. The first-order valence-electron chi connectivity index (χ1n) is 7.85. The fourth-order valence-corrected chi connectivity index (χ4v) is 2.33. The Kier molecular flexibility index (Phi) is 6.93. The Morgan fingerprint density at radius 2 is 1.67 bits per heavy atom. The van der Waals surface area contributed by atoms with Crippen LogP contribution in [0.15, 0.2) is 54.6 Å². The number of rotatable bonds is 9. The van der Waals surface area contributed by atoms with E-state index in [9.17, 15) is 20.1 Å². The molecule has 0 spiro atoms. The molecule has 2 aromatic rings. The molecule has 3 unspecified atom stereocenters. The predicted octanol–water partition coefficient (Wildman–Crippen LogP) is 1.48. The van der Waals surface area contributed by atoms with E-state index in [0.29, 0.717) is 13.0 Å². The van der Waals surface area contributed by atoms with Crippen LogP contribution in [0.2, 0.25) is 0 Å². The fourth-order valence-electron chi connectivity index (χ4n) is 2.33. The van der Waals surface area contributed by atoms with Gasteiger partial charge in [-0.2, -0.15) is 0 Å². The summed E-state index contributed by atoms with van der Waals surface area (Å²) in [4.78, 5) is 10.4. The number of aryl methyl sites for hydroxylation is 1. The van der Waals surface area contributed by atoms with Crippen LogP contribution < -0.4 is 4.74 Å². The summed E-state index contributed by atoms with van der Waals surface area (Å²) in [6.07, 6.45) is -3.27. The maximum Gasteiger partial charge on any atom is 0.151 e. The van der Waals surface area contributed by atoms with Gasteiger partial charge in [0.15, 0.2) is 6.29 Å². The summed E-state index contributed by atoms with van der Waals surface area (Å²) in [6.45, 7) is 0.469. The van der Waals surface area contributed by atoms with Crippen molar-refractivity contribution in [3.05, 3.63) is 65.7 Å². The summed E-state index contributed by atoms with van der Waals surface area (Å²) < 4.78 is 5.74. The van der Waals surface area contributed by atoms with Gasteiger partial charge in [0.1, 0.15) is 24.6 Å². The van der Waals surface area contributed by atoms with Gasteiger partial charge in [0.2, 0.25) is 0 Å². The lowest BCUT2D eigenvalue weighted by Gasteiger charge is -2.19. The van der Waals surface area contributed by atoms with Gasteiger partial charge in [-0.1, -0.05) is 42.5 Å². The Morgan fingerprint density at radius 3 is 2.38 bits per heavy atom. The van der Waals surface area contributed by atoms with Crippen LogP contribution in [-0.4, -0.2) is 39.9 Å². The van der Waals surface area contributed by atoms with Gasteiger partial charge in [0.25, 0.3) is 0 Å². The molecule has 0 aromatic heterocycles. The summed E-state index contributed by atoms with van der Waals surface area (Å²) in [6, 6.07) is 17.3. The topological polar surface area (TPSA) is 87.0 Å². The van der Waals surface area contributed by atoms with E-state index in [2.05, 4.69) is 0 Å². The number of ether oxygens (including phenoxy) is 1. The van der Waals surface area contributed by atoms with Gasteiger partial charge in [-0.3, -0.25) is 0 Å². The third-order valence-corrected chi connectivity index (χ3v) is 3.76. The van der Waals surface area contributed by atoms with Crippen molar-refractivity contribution in [3.8, 4) is 5.75 Å². The van der Waals surface area contributed by atoms with E-state index in [4.69, 9.17) is 4.74 Å². The first kappa shape index (κ1) is 18.1. The summed E-state index contributed by atoms with van der Waals surface area (Å²) in [5, 5.41) is 28.6. The number of carbonyl (C=O) groups is 1. The van der Waals surface area contributed by atoms with Gasteiger partial charge in [-0.05, 0) is 36.1 Å². The minimum Gasteiger partial charge on any atom is -0.489 e. The molecule has 5 heteroatoms. The van der Waals surface area contributed by atoms with Gasteiger partial charge < -0.3 is 24.9 Å². The molecule has 0 aliphatic heterocycles. The van der Waals surface area contributed by atoms with Gasteiger partial charge in [0, 0.05) is 0 Å². The van der Waals surface area contributed by atoms with Crippen LogP contribution in [-0.2, 0) is 17.8 Å². The second-order valence-corrected chi connectivity index (χ2v) is 5.64. The number of carbonyl (C=O) groups excluding carboxylic acids is 1. The van der Waals surface area contributed by atoms with E-state index in [1.54, 1.807) is 0 Å². The largest absolute Gasteiger partial charge is 0.489 e. The zero-order valence-electron chi connectivity index (χ0n) is 13.3. The zero-order chi connectivity index (χ0) is 17.4. The Balaban J connectivity index is 1.87. The molecule has 0 saturated carbocycles. The monoisotopic (exact) mass is 330 g/mol. The summed E-state index contributed by atoms with van der Waals surface area (Å²) in [5.74, 6) is 0.722. The smallest absolute Gasteiger partial charge is 0.151 e. The molecule has 0 heterocycles. The van der Waals surface area contributed by atoms with Crippen molar-refractivity contribution in [2.45, 2.75) is 37.8 Å². The molecule has 0 aliphatic carbocycles. The number of hydrogen-bond acceptors (Lipinski definition) is 5. The molecule has 128 valence electrons. The van der Waals surface area contributed by atoms with Crippen LogP contribution in [0, 0.1) is 0 Å². The maximum absolute atomic E-state index is 10.4. The molecule has 0 bridgehead atoms. The summed E-state index contributed by atoms with van der Waals surface area (Å²) >= 11 is 0. The van der Waals surface area contributed by atoms with Gasteiger partial charge >= 0.3 is 0 Å². The third-order valence-electron chi connectivity index (χ3n) is 3.76. The van der Waals surface area contributed by atoms with Crippen molar-refractivity contribution in [1.82, 2.24) is 0 Å². The molecule has 0 fully saturated rings. The number of aldehydes is 1. The second kappa shape index (κ2) is 9.17. The molecule has 24 heavy (non-hydrogen) atoms. The molecule has 0 aliphatic rings. The molecule has 2 rings (SSSR count). The van der Waals surface area contributed by atoms with Crippen LogP contribution in [0.25, 0.3) is 0 Å². The second-order valence-electron chi connectivity index (χ2n) is 5.64. The number of aliphatic hydroxyl groups excluding tert-OH is 3. The van der Waals surface area contributed by atoms with Crippen molar-refractivity contribution in [2.24, 2.45) is 0 Å². The standard InChI is InChI=1S/C19H22O5/c20-12-18(22)19(23)17(21)10-9-14-7-4-8-16(11-14)24-13-15-5-2-1-3-6-15/h1-8,11-12,17-19,21-23H,9-10,13H2. The lowest BCUT2D eigenvalue weighted by Crippen LogP contribution is -2.38. The van der Waals surface area contributed by atoms with Crippen molar-refractivity contribution < 1.29 is 24.9 Å². The highest BCUT2D eigenvalue weighted by Gasteiger charge is 2.23. The van der Waals surface area contributed by atoms with Gasteiger partial charge in [-0.15, -0.1) is 0 Å². The van der Waals surface area contributed by atoms with E-state index in [0.717, 1.165) is 16.9 Å². The number of benzene rings is 2. The van der Waals surface area contributed by atoms with E-state index >= 15 is 0 Å². The molecule has 5 nitrogen and oxygen atoms in total. The van der Waals surface area contributed by atoms with Gasteiger partial charge in [0.05, 0.1) is 6.10 Å². The zero-order valence-corrected chi connectivity index (χ0v) is 13.3. The summed E-state index contributed by atoms with van der Waals surface area (Å²) in [7, 11) is 0. The van der Waals surface area contributed by atoms with Crippen molar-refractivity contribution in [2.75, 3.05) is 0 Å². The minimum atomic E-state index is -1.57. The summed E-state index contributed by atoms with van der Waals surface area (Å²) in [5.41, 5.74) is 2.01. The lowest BCUT2D eigenvalue weighted by molar-refractivity contribution is -0.126. The quantitative estimate of drug-likeness (QED) is 0.606. The van der Waals surface area contributed by atoms with Crippen LogP contribution in [0.3, 0.4) is 0 Å². The number of hydrogen-bond donors (Lipinski definition) is 3. The normalized spacial score (nSPS) is 14.6. The first-order valence-corrected chi connectivity index (χ1v) is 7.85. The number of aliphatic hydroxyl groups is 3. The van der Waals surface area contributed by atoms with E-state index in [1.807, 2.05) is 54.6 Å². The van der Waals surface area contributed by atoms with Gasteiger partial charge in [-0.25, -0.2) is 0 Å². The Hall–Kier alpha value is -2.21. The third kappa shape index (κ3) is 5.45. The first-order chi connectivity index (χ1) is 11.6. The fraction of sp³-hybridized carbons (Fsp3) is 0.316. The average Bonchev–Trinajstić information content (AvgIpc) is 2.64. The highest BCUT2D eigenvalue weighted by Crippen LogP contribution is 2.17. The highest BCUT2D eigenvalue weighted by molar-refractivity contribution is 5.56. The van der Waals surface area contributed by atoms with Crippen molar-refractivity contribution in [3.63, 3.8) is 0 Å². The Morgan fingerprint density at radius 1 is 0.958 bits per heavy atom. The molecular formula is C19H22O5. The van der Waals surface area contributed by atoms with E-state index < -0.39 is 18.3 Å². The van der Waals surface area contributed by atoms with Crippen molar-refractivity contribution >= 4 is 6.29 Å². The average molecular weight is 330 g/mol. The van der Waals surface area contributed by atoms with Crippen LogP contribution in [0.4, 0.5) is 0 Å². The van der Waals surface area contributed by atoms with Crippen LogP contribution in [0.1, 0.15) is 17.5 Å². The molecule has 0 radical (unpaired) electrons. The molecule has 3 N–H and O–H groups in total. The van der Waals surface area contributed by atoms with E-state index in [-0.39, 0.29) is 12.7 Å². The molecule has 3 atom stereocenters. The van der Waals surface area contributed by atoms with E-state index in [1.165, 1.54) is 0 Å². The Labute approximate surface area is 141 Å². The SMILES string of the molecule is O=CC(O)C(O)C(O)CCc1cccc(OCc2ccccc2)c1. The predicted molar refractivity (Wildman–Crippen MR) is 89.6 cm³/mol. The molecular weight excluding hydrogens is 308 g/mol. The van der Waals surface area contributed by atoms with Crippen molar-refractivity contribution in [1.29, 1.82) is 0 Å². The molecule has 2 aromatic carbocycles. The lowest BCUT2D eigenvalue weighted by atomic mass is 10.0. The highest BCUT2D eigenvalue weighted by atomic mass is 16.5. The Bertz CT molecular complexity index is 629. The van der Waals surface area contributed by atoms with Crippen LogP contribution in [0.5, 0.6) is 5.75 Å². The van der Waals surface area contributed by atoms with Crippen LogP contribution >= 0.6 is 0 Å².